The summed E-state index contributed by atoms with van der Waals surface area (Å²) < 4.78 is 0. The molecule has 0 bridgehead atoms. The Morgan fingerprint density at radius 2 is 1.59 bits per heavy atom. The molecule has 0 saturated carbocycles. The summed E-state index contributed by atoms with van der Waals surface area (Å²) in [5, 5.41) is 8.03. The topological polar surface area (TPSA) is 130 Å². The van der Waals surface area contributed by atoms with Gasteiger partial charge in [0.05, 0.1) is 6.04 Å². The molecule has 0 aromatic heterocycles. The summed E-state index contributed by atoms with van der Waals surface area (Å²) in [7, 11) is 0. The highest BCUT2D eigenvalue weighted by Crippen LogP contribution is 2.09. The first kappa shape index (κ1) is 25.0. The van der Waals surface area contributed by atoms with E-state index in [9.17, 15) is 19.2 Å². The zero-order valence-electron chi connectivity index (χ0n) is 17.2. The minimum atomic E-state index is -0.794. The molecule has 8 nitrogen and oxygen atoms in total. The van der Waals surface area contributed by atoms with E-state index in [1.165, 1.54) is 6.92 Å². The van der Waals surface area contributed by atoms with Crippen molar-refractivity contribution in [1.29, 1.82) is 0 Å². The van der Waals surface area contributed by atoms with Crippen LogP contribution in [0, 0.1) is 11.8 Å². The number of amides is 3. The van der Waals surface area contributed by atoms with E-state index in [1.807, 2.05) is 27.7 Å². The van der Waals surface area contributed by atoms with Gasteiger partial charge in [0, 0.05) is 6.92 Å². The molecule has 0 aliphatic carbocycles. The van der Waals surface area contributed by atoms with Crippen LogP contribution in [0.2, 0.25) is 0 Å². The SMILES string of the molecule is CC(=O)N[C@H](CC(C)C)C(=O)N[C@@H](C(=O)N[C@@H](C=O)CCCCN)C(C)C. The number of carbonyl (C=O) groups is 4. The van der Waals surface area contributed by atoms with Crippen molar-refractivity contribution < 1.29 is 19.2 Å². The largest absolute Gasteiger partial charge is 0.345 e. The monoisotopic (exact) mass is 384 g/mol. The van der Waals surface area contributed by atoms with Crippen LogP contribution in [0.1, 0.15) is 60.3 Å². The molecule has 0 radical (unpaired) electrons. The molecule has 5 N–H and O–H groups in total. The van der Waals surface area contributed by atoms with Crippen LogP contribution in [0.3, 0.4) is 0 Å². The highest BCUT2D eigenvalue weighted by atomic mass is 16.2. The van der Waals surface area contributed by atoms with Gasteiger partial charge in [-0.25, -0.2) is 0 Å². The van der Waals surface area contributed by atoms with Crippen molar-refractivity contribution in [2.45, 2.75) is 78.4 Å². The van der Waals surface area contributed by atoms with Crippen LogP contribution < -0.4 is 21.7 Å². The molecule has 0 aromatic carbocycles. The van der Waals surface area contributed by atoms with Gasteiger partial charge in [-0.15, -0.1) is 0 Å². The fourth-order valence-electron chi connectivity index (χ4n) is 2.69. The maximum absolute atomic E-state index is 12.6. The second-order valence-electron chi connectivity index (χ2n) is 7.65. The summed E-state index contributed by atoms with van der Waals surface area (Å²) in [6.45, 7) is 9.40. The third-order valence-electron chi connectivity index (χ3n) is 4.11. The van der Waals surface area contributed by atoms with E-state index in [1.54, 1.807) is 0 Å². The van der Waals surface area contributed by atoms with Crippen molar-refractivity contribution in [3.63, 3.8) is 0 Å². The molecular formula is C19H36N4O4. The predicted octanol–water partition coefficient (Wildman–Crippen LogP) is 0.491. The van der Waals surface area contributed by atoms with Crippen molar-refractivity contribution in [1.82, 2.24) is 16.0 Å². The van der Waals surface area contributed by atoms with Crippen LogP contribution in [-0.4, -0.2) is 48.7 Å². The lowest BCUT2D eigenvalue weighted by Crippen LogP contribution is -2.56. The molecule has 3 amide bonds. The number of carbonyl (C=O) groups excluding carboxylic acids is 4. The summed E-state index contributed by atoms with van der Waals surface area (Å²) >= 11 is 0. The maximum Gasteiger partial charge on any atom is 0.243 e. The highest BCUT2D eigenvalue weighted by molar-refractivity contribution is 5.92. The minimum Gasteiger partial charge on any atom is -0.345 e. The number of hydrogen-bond acceptors (Lipinski definition) is 5. The lowest BCUT2D eigenvalue weighted by atomic mass is 9.99. The lowest BCUT2D eigenvalue weighted by molar-refractivity contribution is -0.133. The maximum atomic E-state index is 12.6. The van der Waals surface area contributed by atoms with E-state index < -0.39 is 29.9 Å². The third kappa shape index (κ3) is 10.7. The van der Waals surface area contributed by atoms with Crippen LogP contribution in [0.15, 0.2) is 0 Å². The minimum absolute atomic E-state index is 0.178. The number of nitrogens with one attached hydrogen (secondary N) is 3. The van der Waals surface area contributed by atoms with Crippen LogP contribution >= 0.6 is 0 Å². The Hall–Kier alpha value is -1.96. The molecule has 0 heterocycles. The molecule has 0 spiro atoms. The quantitative estimate of drug-likeness (QED) is 0.271. The second-order valence-corrected chi connectivity index (χ2v) is 7.65. The molecule has 0 fully saturated rings. The Labute approximate surface area is 162 Å². The van der Waals surface area contributed by atoms with Gasteiger partial charge >= 0.3 is 0 Å². The standard InChI is InChI=1S/C19H36N4O4/c1-12(2)10-16(21-14(5)25)18(26)23-17(13(3)4)19(27)22-15(11-24)8-6-7-9-20/h11-13,15-17H,6-10,20H2,1-5H3,(H,21,25)(H,22,27)(H,23,26)/t15-,16-,17-/m1/s1. The molecule has 0 unspecified atom stereocenters. The molecular weight excluding hydrogens is 348 g/mol. The van der Waals surface area contributed by atoms with E-state index in [0.717, 1.165) is 12.8 Å². The second kappa shape index (κ2) is 13.2. The van der Waals surface area contributed by atoms with Crippen LogP contribution in [0.25, 0.3) is 0 Å². The van der Waals surface area contributed by atoms with Gasteiger partial charge < -0.3 is 26.5 Å². The average molecular weight is 385 g/mol. The first-order chi connectivity index (χ1) is 12.6. The molecule has 156 valence electrons. The molecule has 0 saturated heterocycles. The summed E-state index contributed by atoms with van der Waals surface area (Å²) in [5.41, 5.74) is 5.44. The Morgan fingerprint density at radius 3 is 2.04 bits per heavy atom. The summed E-state index contributed by atoms with van der Waals surface area (Å²) in [4.78, 5) is 47.8. The molecule has 3 atom stereocenters. The Morgan fingerprint density at radius 1 is 0.963 bits per heavy atom. The Balaban J connectivity index is 5.02. The number of aldehydes is 1. The van der Waals surface area contributed by atoms with Crippen molar-refractivity contribution in [3.8, 4) is 0 Å². The van der Waals surface area contributed by atoms with Crippen molar-refractivity contribution in [2.24, 2.45) is 17.6 Å². The van der Waals surface area contributed by atoms with Gasteiger partial charge in [0.2, 0.25) is 17.7 Å². The van der Waals surface area contributed by atoms with Crippen molar-refractivity contribution in [3.05, 3.63) is 0 Å². The van der Waals surface area contributed by atoms with E-state index in [4.69, 9.17) is 5.73 Å². The first-order valence-corrected chi connectivity index (χ1v) is 9.65. The lowest BCUT2D eigenvalue weighted by Gasteiger charge is -2.26. The molecule has 8 heteroatoms. The van der Waals surface area contributed by atoms with Gasteiger partial charge in [0.25, 0.3) is 0 Å². The van der Waals surface area contributed by atoms with E-state index in [2.05, 4.69) is 16.0 Å². The van der Waals surface area contributed by atoms with E-state index >= 15 is 0 Å². The van der Waals surface area contributed by atoms with Crippen LogP contribution in [0.5, 0.6) is 0 Å². The van der Waals surface area contributed by atoms with Crippen molar-refractivity contribution >= 4 is 24.0 Å². The van der Waals surface area contributed by atoms with E-state index in [-0.39, 0.29) is 17.7 Å². The molecule has 27 heavy (non-hydrogen) atoms. The van der Waals surface area contributed by atoms with Crippen LogP contribution in [0.4, 0.5) is 0 Å². The van der Waals surface area contributed by atoms with Gasteiger partial charge in [0.15, 0.2) is 0 Å². The van der Waals surface area contributed by atoms with Crippen molar-refractivity contribution in [2.75, 3.05) is 6.54 Å². The molecule has 0 aliphatic rings. The third-order valence-corrected chi connectivity index (χ3v) is 4.11. The van der Waals surface area contributed by atoms with Gasteiger partial charge in [0.1, 0.15) is 18.4 Å². The number of hydrogen-bond donors (Lipinski definition) is 4. The number of rotatable bonds is 13. The molecule has 0 aromatic rings. The van der Waals surface area contributed by atoms with Gasteiger partial charge in [-0.3, -0.25) is 14.4 Å². The first-order valence-electron chi connectivity index (χ1n) is 9.65. The zero-order valence-corrected chi connectivity index (χ0v) is 17.2. The van der Waals surface area contributed by atoms with Gasteiger partial charge in [-0.1, -0.05) is 27.7 Å². The summed E-state index contributed by atoms with van der Waals surface area (Å²) in [6.07, 6.45) is 3.18. The predicted molar refractivity (Wildman–Crippen MR) is 105 cm³/mol. The Kier molecular flexibility index (Phi) is 12.3. The molecule has 0 rings (SSSR count). The van der Waals surface area contributed by atoms with Gasteiger partial charge in [-0.05, 0) is 44.1 Å². The van der Waals surface area contributed by atoms with E-state index in [0.29, 0.717) is 25.7 Å². The summed E-state index contributed by atoms with van der Waals surface area (Å²) in [6, 6.07) is -2.11. The summed E-state index contributed by atoms with van der Waals surface area (Å²) in [5.74, 6) is -1.10. The fourth-order valence-corrected chi connectivity index (χ4v) is 2.69. The normalized spacial score (nSPS) is 14.4. The van der Waals surface area contributed by atoms with Crippen LogP contribution in [-0.2, 0) is 19.2 Å². The fraction of sp³-hybridized carbons (Fsp3) is 0.789. The Bertz CT molecular complexity index is 494. The number of unbranched alkanes of at least 4 members (excludes halogenated alkanes) is 1. The smallest absolute Gasteiger partial charge is 0.243 e. The van der Waals surface area contributed by atoms with Gasteiger partial charge in [-0.2, -0.15) is 0 Å². The molecule has 0 aliphatic heterocycles. The number of nitrogens with two attached hydrogens (primary N) is 1. The zero-order chi connectivity index (χ0) is 21.0. The average Bonchev–Trinajstić information content (AvgIpc) is 2.56. The highest BCUT2D eigenvalue weighted by Gasteiger charge is 2.29.